The van der Waals surface area contributed by atoms with Crippen molar-refractivity contribution in [2.24, 2.45) is 0 Å². The molecule has 0 amide bonds. The van der Waals surface area contributed by atoms with Crippen molar-refractivity contribution in [3.63, 3.8) is 0 Å². The largest absolute Gasteiger partial charge is 0.495 e. The maximum absolute atomic E-state index is 12.9. The predicted octanol–water partition coefficient (Wildman–Crippen LogP) is 2.14. The highest BCUT2D eigenvalue weighted by Crippen LogP contribution is 2.28. The van der Waals surface area contributed by atoms with Crippen LogP contribution in [0.25, 0.3) is 0 Å². The maximum atomic E-state index is 12.9. The highest BCUT2D eigenvalue weighted by Gasteiger charge is 2.28. The van der Waals surface area contributed by atoms with Crippen LogP contribution in [0.5, 0.6) is 5.75 Å². The third-order valence-corrected chi connectivity index (χ3v) is 5.99. The zero-order valence-electron chi connectivity index (χ0n) is 15.1. The molecule has 2 aromatic rings. The Morgan fingerprint density at radius 2 is 2.04 bits per heavy atom. The Balaban J connectivity index is 1.77. The monoisotopic (exact) mass is 386 g/mol. The second-order valence-electron chi connectivity index (χ2n) is 6.36. The molecule has 1 aliphatic heterocycles. The topological polar surface area (TPSA) is 94.5 Å². The molecule has 0 aliphatic carbocycles. The van der Waals surface area contributed by atoms with Crippen LogP contribution in [0.4, 0.5) is 5.69 Å². The molecule has 1 atom stereocenters. The third kappa shape index (κ3) is 4.70. The molecule has 2 aromatic carbocycles. The Hall–Kier alpha value is -2.76. The fourth-order valence-electron chi connectivity index (χ4n) is 3.03. The molecule has 2 N–H and O–H groups in total. The van der Waals surface area contributed by atoms with Crippen LogP contribution in [0, 0.1) is 11.5 Å². The van der Waals surface area contributed by atoms with Crippen LogP contribution in [0.1, 0.15) is 12.0 Å². The number of sulfonamides is 1. The fraction of sp³-hybridized carbons (Fsp3) is 0.316. The van der Waals surface area contributed by atoms with Crippen LogP contribution in [-0.2, 0) is 16.6 Å². The van der Waals surface area contributed by atoms with E-state index < -0.39 is 10.0 Å². The van der Waals surface area contributed by atoms with Crippen molar-refractivity contribution in [3.05, 3.63) is 54.1 Å². The second-order valence-corrected chi connectivity index (χ2v) is 8.04. The predicted molar refractivity (Wildman–Crippen MR) is 103 cm³/mol. The minimum Gasteiger partial charge on any atom is -0.495 e. The molecule has 1 aliphatic rings. The smallest absolute Gasteiger partial charge is 0.244 e. The molecule has 1 saturated heterocycles. The molecule has 1 heterocycles. The number of rotatable bonds is 7. The molecule has 142 valence electrons. The van der Waals surface area contributed by atoms with E-state index in [2.05, 4.69) is 10.0 Å². The van der Waals surface area contributed by atoms with Crippen molar-refractivity contribution in [2.75, 3.05) is 25.5 Å². The SMILES string of the molecule is COc1ccc(NCc2ccccc2)cc1S(=O)(=O)N[C@@H]1CCN(C#N)C1. The molecule has 7 nitrogen and oxygen atoms in total. The second kappa shape index (κ2) is 8.29. The first-order chi connectivity index (χ1) is 13.0. The summed E-state index contributed by atoms with van der Waals surface area (Å²) in [7, 11) is -2.33. The Morgan fingerprint density at radius 1 is 1.26 bits per heavy atom. The third-order valence-electron chi connectivity index (χ3n) is 4.44. The molecule has 0 radical (unpaired) electrons. The average molecular weight is 386 g/mol. The summed E-state index contributed by atoms with van der Waals surface area (Å²) in [5, 5.41) is 12.2. The molecule has 27 heavy (non-hydrogen) atoms. The lowest BCUT2D eigenvalue weighted by Gasteiger charge is -2.16. The molecule has 0 aromatic heterocycles. The molecule has 1 fully saturated rings. The van der Waals surface area contributed by atoms with Gasteiger partial charge in [-0.2, -0.15) is 5.26 Å². The molecule has 3 rings (SSSR count). The zero-order valence-corrected chi connectivity index (χ0v) is 15.9. The van der Waals surface area contributed by atoms with Gasteiger partial charge in [-0.1, -0.05) is 30.3 Å². The Bertz CT molecular complexity index is 926. The summed E-state index contributed by atoms with van der Waals surface area (Å²) in [6.45, 7) is 1.52. The van der Waals surface area contributed by atoms with Crippen molar-refractivity contribution < 1.29 is 13.2 Å². The Labute approximate surface area is 159 Å². The van der Waals surface area contributed by atoms with E-state index in [4.69, 9.17) is 10.00 Å². The van der Waals surface area contributed by atoms with Gasteiger partial charge in [-0.25, -0.2) is 13.1 Å². The van der Waals surface area contributed by atoms with Crippen LogP contribution >= 0.6 is 0 Å². The summed E-state index contributed by atoms with van der Waals surface area (Å²) in [5.41, 5.74) is 1.78. The van der Waals surface area contributed by atoms with Crippen LogP contribution in [-0.4, -0.2) is 39.6 Å². The van der Waals surface area contributed by atoms with Gasteiger partial charge in [-0.05, 0) is 30.2 Å². The quantitative estimate of drug-likeness (QED) is 0.708. The van der Waals surface area contributed by atoms with E-state index in [9.17, 15) is 8.42 Å². The number of hydrogen-bond acceptors (Lipinski definition) is 6. The van der Waals surface area contributed by atoms with Gasteiger partial charge < -0.3 is 15.0 Å². The Kier molecular flexibility index (Phi) is 5.84. The number of benzene rings is 2. The van der Waals surface area contributed by atoms with Crippen LogP contribution in [0.2, 0.25) is 0 Å². The van der Waals surface area contributed by atoms with E-state index in [0.717, 1.165) is 5.56 Å². The first-order valence-corrected chi connectivity index (χ1v) is 10.1. The van der Waals surface area contributed by atoms with Gasteiger partial charge in [-0.15, -0.1) is 0 Å². The van der Waals surface area contributed by atoms with Gasteiger partial charge in [0.25, 0.3) is 0 Å². The summed E-state index contributed by atoms with van der Waals surface area (Å²) in [4.78, 5) is 1.63. The maximum Gasteiger partial charge on any atom is 0.244 e. The van der Waals surface area contributed by atoms with E-state index in [1.54, 1.807) is 23.1 Å². The molecular weight excluding hydrogens is 364 g/mol. The lowest BCUT2D eigenvalue weighted by atomic mass is 10.2. The van der Waals surface area contributed by atoms with Crippen molar-refractivity contribution in [2.45, 2.75) is 23.9 Å². The van der Waals surface area contributed by atoms with Gasteiger partial charge >= 0.3 is 0 Å². The van der Waals surface area contributed by atoms with Gasteiger partial charge in [0, 0.05) is 31.4 Å². The van der Waals surface area contributed by atoms with Gasteiger partial charge in [0.2, 0.25) is 10.0 Å². The number of likely N-dealkylation sites (tertiary alicyclic amines) is 1. The number of nitriles is 1. The van der Waals surface area contributed by atoms with E-state index in [1.807, 2.05) is 36.5 Å². The highest BCUT2D eigenvalue weighted by atomic mass is 32.2. The molecular formula is C19H22N4O3S. The van der Waals surface area contributed by atoms with Crippen LogP contribution in [0.3, 0.4) is 0 Å². The van der Waals surface area contributed by atoms with Crippen molar-refractivity contribution >= 4 is 15.7 Å². The number of anilines is 1. The summed E-state index contributed by atoms with van der Waals surface area (Å²) < 4.78 is 33.7. The lowest BCUT2D eigenvalue weighted by Crippen LogP contribution is -2.36. The van der Waals surface area contributed by atoms with Gasteiger partial charge in [0.05, 0.1) is 7.11 Å². The summed E-state index contributed by atoms with van der Waals surface area (Å²) in [6.07, 6.45) is 2.65. The first-order valence-electron chi connectivity index (χ1n) is 8.64. The number of methoxy groups -OCH3 is 1. The van der Waals surface area contributed by atoms with Crippen molar-refractivity contribution in [3.8, 4) is 11.9 Å². The molecule has 0 saturated carbocycles. The standard InChI is InChI=1S/C19H22N4O3S/c1-26-18-8-7-16(21-12-15-5-3-2-4-6-15)11-19(18)27(24,25)22-17-9-10-23(13-17)14-20/h2-8,11,17,21-22H,9-10,12-13H2,1H3/t17-/m1/s1. The van der Waals surface area contributed by atoms with E-state index in [0.29, 0.717) is 31.7 Å². The van der Waals surface area contributed by atoms with Gasteiger partial charge in [-0.3, -0.25) is 0 Å². The molecule has 8 heteroatoms. The molecule has 0 bridgehead atoms. The number of ether oxygens (including phenoxy) is 1. The number of nitrogens with one attached hydrogen (secondary N) is 2. The van der Waals surface area contributed by atoms with Gasteiger partial charge in [0.1, 0.15) is 10.6 Å². The minimum atomic E-state index is -3.77. The number of hydrogen-bond donors (Lipinski definition) is 2. The lowest BCUT2D eigenvalue weighted by molar-refractivity contribution is 0.402. The highest BCUT2D eigenvalue weighted by molar-refractivity contribution is 7.89. The zero-order chi connectivity index (χ0) is 19.3. The van der Waals surface area contributed by atoms with E-state index in [-0.39, 0.29) is 16.7 Å². The fourth-order valence-corrected chi connectivity index (χ4v) is 4.48. The van der Waals surface area contributed by atoms with E-state index in [1.165, 1.54) is 7.11 Å². The minimum absolute atomic E-state index is 0.0819. The van der Waals surface area contributed by atoms with Crippen LogP contribution < -0.4 is 14.8 Å². The van der Waals surface area contributed by atoms with Gasteiger partial charge in [0.15, 0.2) is 6.19 Å². The number of nitrogens with zero attached hydrogens (tertiary/aromatic N) is 2. The average Bonchev–Trinajstić information content (AvgIpc) is 3.14. The van der Waals surface area contributed by atoms with Crippen LogP contribution in [0.15, 0.2) is 53.4 Å². The van der Waals surface area contributed by atoms with Crippen molar-refractivity contribution in [1.82, 2.24) is 9.62 Å². The summed E-state index contributed by atoms with van der Waals surface area (Å²) in [5.74, 6) is 0.280. The Morgan fingerprint density at radius 3 is 2.70 bits per heavy atom. The normalized spacial score (nSPS) is 16.7. The van der Waals surface area contributed by atoms with E-state index >= 15 is 0 Å². The summed E-state index contributed by atoms with van der Waals surface area (Å²) >= 11 is 0. The molecule has 0 unspecified atom stereocenters. The first kappa shape index (κ1) is 19.0. The molecule has 0 spiro atoms. The van der Waals surface area contributed by atoms with Crippen molar-refractivity contribution in [1.29, 1.82) is 5.26 Å². The summed E-state index contributed by atoms with van der Waals surface area (Å²) in [6, 6.07) is 14.6.